The van der Waals surface area contributed by atoms with Crippen LogP contribution in [0.3, 0.4) is 0 Å². The maximum absolute atomic E-state index is 14.1. The Balaban J connectivity index is 1.44. The van der Waals surface area contributed by atoms with E-state index >= 15 is 0 Å². The van der Waals surface area contributed by atoms with Crippen molar-refractivity contribution in [3.8, 4) is 0 Å². The number of β-lactam (4-membered cyclic amide) rings is 1. The van der Waals surface area contributed by atoms with Gasteiger partial charge in [0.05, 0.1) is 0 Å². The van der Waals surface area contributed by atoms with E-state index in [1.54, 1.807) is 90.1 Å². The smallest absolute Gasteiger partial charge is 0.413 e. The van der Waals surface area contributed by atoms with Gasteiger partial charge in [-0.05, 0) is 72.1 Å². The molecule has 1 fully saturated rings. The molecule has 2 aliphatic heterocycles. The van der Waals surface area contributed by atoms with Crippen molar-refractivity contribution < 1.29 is 47.8 Å². The minimum atomic E-state index is -1.75. The molecule has 0 spiro atoms. The highest BCUT2D eigenvalue weighted by molar-refractivity contribution is 7.20. The summed E-state index contributed by atoms with van der Waals surface area (Å²) < 4.78 is 16.6. The minimum absolute atomic E-state index is 0.0827. The number of carbonyl (C=O) groups excluding carboxylic acids is 6. The second-order valence-corrected chi connectivity index (χ2v) is 17.6. The predicted octanol–water partition coefficient (Wildman–Crippen LogP) is 6.48. The number of thiazole rings is 1. The van der Waals surface area contributed by atoms with Gasteiger partial charge in [0.25, 0.3) is 11.8 Å². The van der Waals surface area contributed by atoms with E-state index in [4.69, 9.17) is 42.3 Å². The molecule has 3 amide bonds. The number of hydrogen-bond donors (Lipinski definition) is 2. The van der Waals surface area contributed by atoms with E-state index < -0.39 is 76.3 Å². The molecule has 5 rings (SSSR count). The number of ketones is 1. The molecule has 15 nitrogen and oxygen atoms in total. The van der Waals surface area contributed by atoms with Crippen molar-refractivity contribution in [3.05, 3.63) is 93.1 Å². The van der Waals surface area contributed by atoms with Gasteiger partial charge in [-0.2, -0.15) is 0 Å². The first-order chi connectivity index (χ1) is 27.1. The Morgan fingerprint density at radius 3 is 2.02 bits per heavy atom. The molecule has 0 saturated carbocycles. The summed E-state index contributed by atoms with van der Waals surface area (Å²) in [4.78, 5) is 91.9. The van der Waals surface area contributed by atoms with Crippen LogP contribution in [0, 0.1) is 0 Å². The third kappa shape index (κ3) is 10.2. The lowest BCUT2D eigenvalue weighted by molar-refractivity contribution is -0.179. The molecule has 308 valence electrons. The SMILES string of the molecule is CC(C)(C)OC(=O)Nc1nc(/C(=N/OC(C)(C)C(=O)OC(C)(C)C)C(=O)N[C@@H]2C(=O)N3C(C(=O)OC(c4ccccc4)c4ccccc4)=C(CCl)CC(=O)[C@H]23)c(Cl)s1. The maximum Gasteiger partial charge on any atom is 0.413 e. The van der Waals surface area contributed by atoms with Crippen LogP contribution in [0.2, 0.25) is 4.34 Å². The number of nitrogens with one attached hydrogen (secondary N) is 2. The number of esters is 2. The van der Waals surface area contributed by atoms with E-state index in [2.05, 4.69) is 20.8 Å². The van der Waals surface area contributed by atoms with Crippen LogP contribution in [-0.2, 0) is 43.0 Å². The van der Waals surface area contributed by atoms with Crippen LogP contribution >= 0.6 is 34.5 Å². The van der Waals surface area contributed by atoms with Crippen molar-refractivity contribution >= 4 is 81.0 Å². The Hall–Kier alpha value is -5.32. The fourth-order valence-electron chi connectivity index (χ4n) is 5.77. The molecule has 0 bridgehead atoms. The van der Waals surface area contributed by atoms with Crippen LogP contribution in [0.5, 0.6) is 0 Å². The lowest BCUT2D eigenvalue weighted by Crippen LogP contribution is -2.75. The third-order valence-electron chi connectivity index (χ3n) is 8.35. The Labute approximate surface area is 349 Å². The molecule has 2 aromatic carbocycles. The molecule has 2 aliphatic rings. The van der Waals surface area contributed by atoms with Gasteiger partial charge < -0.3 is 24.4 Å². The van der Waals surface area contributed by atoms with Gasteiger partial charge in [-0.3, -0.25) is 24.6 Å². The fraction of sp³-hybridized carbons (Fsp3) is 0.400. The van der Waals surface area contributed by atoms with E-state index in [1.165, 1.54) is 13.8 Å². The summed E-state index contributed by atoms with van der Waals surface area (Å²) >= 11 is 13.5. The Kier molecular flexibility index (Phi) is 13.0. The number of allylic oxidation sites excluding steroid dienone is 1. The highest BCUT2D eigenvalue weighted by atomic mass is 35.5. The molecular weight excluding hydrogens is 813 g/mol. The van der Waals surface area contributed by atoms with Gasteiger partial charge in [-0.1, -0.05) is 88.8 Å². The summed E-state index contributed by atoms with van der Waals surface area (Å²) in [5.41, 5.74) is -3.11. The molecule has 3 aromatic rings. The molecule has 3 heterocycles. The number of oxime groups is 1. The van der Waals surface area contributed by atoms with Crippen molar-refractivity contribution in [2.24, 2.45) is 5.16 Å². The summed E-state index contributed by atoms with van der Waals surface area (Å²) in [6.07, 6.45) is -2.03. The zero-order valence-corrected chi connectivity index (χ0v) is 35.3. The van der Waals surface area contributed by atoms with Crippen LogP contribution in [0.25, 0.3) is 0 Å². The average molecular weight is 857 g/mol. The average Bonchev–Trinajstić information content (AvgIpc) is 3.49. The maximum atomic E-state index is 14.1. The number of amides is 3. The minimum Gasteiger partial charge on any atom is -0.457 e. The number of aromatic nitrogens is 1. The standard InChI is InChI=1S/C40H43Cl2N5O10S/c1-38(2,3)55-35(52)40(7,8)57-46-26(25-31(42)58-36(44-25)45-37(53)56-39(4,5)6)32(49)43-27-29-24(48)19-23(20-41)28(47(29)33(27)50)34(51)54-30(21-15-11-9-12-16-21)22-17-13-10-14-18-22/h9-18,27,29-30H,19-20H2,1-8H3,(H,43,49)(H,44,45,53)/b46-26-/t27-,29+/m0/s1. The largest absolute Gasteiger partial charge is 0.457 e. The number of halogens is 2. The van der Waals surface area contributed by atoms with Crippen LogP contribution in [-0.4, -0.2) is 86.0 Å². The quantitative estimate of drug-likeness (QED) is 0.0506. The van der Waals surface area contributed by atoms with E-state index in [1.807, 2.05) is 12.1 Å². The van der Waals surface area contributed by atoms with Crippen LogP contribution < -0.4 is 10.6 Å². The number of fused-ring (bicyclic) bond motifs is 1. The Morgan fingerprint density at radius 1 is 0.914 bits per heavy atom. The molecule has 0 unspecified atom stereocenters. The van der Waals surface area contributed by atoms with Gasteiger partial charge in [0.1, 0.15) is 39.0 Å². The van der Waals surface area contributed by atoms with Crippen molar-refractivity contribution in [3.63, 3.8) is 0 Å². The lowest BCUT2D eigenvalue weighted by Gasteiger charge is -2.49. The van der Waals surface area contributed by atoms with Crippen molar-refractivity contribution in [2.75, 3.05) is 11.2 Å². The number of benzene rings is 2. The van der Waals surface area contributed by atoms with Gasteiger partial charge >= 0.3 is 18.0 Å². The summed E-state index contributed by atoms with van der Waals surface area (Å²) in [6, 6.07) is 15.2. The van der Waals surface area contributed by atoms with Gasteiger partial charge in [0.15, 0.2) is 22.7 Å². The number of ether oxygens (including phenoxy) is 3. The molecular formula is C40H43Cl2N5O10S. The second-order valence-electron chi connectivity index (χ2n) is 15.8. The molecule has 18 heteroatoms. The van der Waals surface area contributed by atoms with Crippen LogP contribution in [0.1, 0.15) is 84.7 Å². The topological polar surface area (TPSA) is 192 Å². The molecule has 2 N–H and O–H groups in total. The van der Waals surface area contributed by atoms with Crippen LogP contribution in [0.15, 0.2) is 77.1 Å². The van der Waals surface area contributed by atoms with Crippen molar-refractivity contribution in [2.45, 2.75) is 96.8 Å². The monoisotopic (exact) mass is 855 g/mol. The normalized spacial score (nSPS) is 17.3. The zero-order valence-electron chi connectivity index (χ0n) is 33.0. The van der Waals surface area contributed by atoms with Gasteiger partial charge in [-0.25, -0.2) is 19.4 Å². The van der Waals surface area contributed by atoms with E-state index in [-0.39, 0.29) is 38.7 Å². The number of nitrogens with zero attached hydrogens (tertiary/aromatic N) is 3. The molecule has 1 saturated heterocycles. The first-order valence-corrected chi connectivity index (χ1v) is 19.7. The van der Waals surface area contributed by atoms with E-state index in [9.17, 15) is 28.8 Å². The summed E-state index contributed by atoms with van der Waals surface area (Å²) in [5, 5.41) is 8.81. The Morgan fingerprint density at radius 2 is 1.48 bits per heavy atom. The van der Waals surface area contributed by atoms with Crippen molar-refractivity contribution in [1.82, 2.24) is 15.2 Å². The molecule has 2 atom stereocenters. The molecule has 0 radical (unpaired) electrons. The third-order valence-corrected chi connectivity index (χ3v) is 9.84. The number of alkyl halides is 1. The number of anilines is 1. The van der Waals surface area contributed by atoms with Crippen molar-refractivity contribution in [1.29, 1.82) is 0 Å². The van der Waals surface area contributed by atoms with E-state index in [0.717, 1.165) is 16.2 Å². The number of hydrogen-bond acceptors (Lipinski definition) is 13. The first kappa shape index (κ1) is 43.8. The number of carbonyl (C=O) groups is 6. The first-order valence-electron chi connectivity index (χ1n) is 18.0. The number of rotatable bonds is 12. The molecule has 58 heavy (non-hydrogen) atoms. The molecule has 0 aliphatic carbocycles. The van der Waals surface area contributed by atoms with Crippen LogP contribution in [0.4, 0.5) is 9.93 Å². The van der Waals surface area contributed by atoms with E-state index in [0.29, 0.717) is 11.1 Å². The number of Topliss-reactive ketones (excluding diaryl/α,β-unsaturated/α-hetero) is 1. The fourth-order valence-corrected chi connectivity index (χ4v) is 7.02. The summed E-state index contributed by atoms with van der Waals surface area (Å²) in [6.45, 7) is 12.7. The van der Waals surface area contributed by atoms with Gasteiger partial charge in [-0.15, -0.1) is 11.6 Å². The highest BCUT2D eigenvalue weighted by Crippen LogP contribution is 2.38. The summed E-state index contributed by atoms with van der Waals surface area (Å²) in [7, 11) is 0. The molecule has 1 aromatic heterocycles. The second kappa shape index (κ2) is 17.3. The zero-order chi connectivity index (χ0) is 42.7. The lowest BCUT2D eigenvalue weighted by atomic mass is 9.82. The highest BCUT2D eigenvalue weighted by Gasteiger charge is 2.58. The summed E-state index contributed by atoms with van der Waals surface area (Å²) in [5.74, 6) is -4.39. The Bertz CT molecular complexity index is 2120. The predicted molar refractivity (Wildman–Crippen MR) is 215 cm³/mol. The van der Waals surface area contributed by atoms with Gasteiger partial charge in [0, 0.05) is 12.3 Å². The van der Waals surface area contributed by atoms with Gasteiger partial charge in [0.2, 0.25) is 5.60 Å².